The lowest BCUT2D eigenvalue weighted by Gasteiger charge is -2.17. The van der Waals surface area contributed by atoms with Gasteiger partial charge in [0, 0.05) is 17.8 Å². The number of carbonyl (C=O) groups is 1. The van der Waals surface area contributed by atoms with Crippen LogP contribution in [-0.4, -0.2) is 22.2 Å². The minimum Gasteiger partial charge on any atom is -0.350 e. The molecule has 0 bridgehead atoms. The van der Waals surface area contributed by atoms with Crippen LogP contribution < -0.4 is 10.9 Å². The fraction of sp³-hybridized carbons (Fsp3) is 0.318. The maximum Gasteiger partial charge on any atom is 0.274 e. The molecule has 1 amide bonds. The molecule has 0 aliphatic heterocycles. The molecular weight excluding hydrogens is 338 g/mol. The Morgan fingerprint density at radius 2 is 1.67 bits per heavy atom. The lowest BCUT2D eigenvalue weighted by Crippen LogP contribution is -2.33. The number of aromatic nitrogens is 2. The molecule has 0 radical (unpaired) electrons. The number of hydrogen-bond donors (Lipinski definition) is 1. The van der Waals surface area contributed by atoms with Crippen LogP contribution in [0.5, 0.6) is 0 Å². The Hall–Kier alpha value is -2.95. The van der Waals surface area contributed by atoms with Crippen LogP contribution in [0.4, 0.5) is 0 Å². The zero-order valence-electron chi connectivity index (χ0n) is 16.0. The van der Waals surface area contributed by atoms with E-state index in [4.69, 9.17) is 0 Å². The van der Waals surface area contributed by atoms with Gasteiger partial charge >= 0.3 is 0 Å². The molecule has 0 aliphatic rings. The predicted octanol–water partition coefficient (Wildman–Crippen LogP) is 3.90. The highest BCUT2D eigenvalue weighted by Crippen LogP contribution is 2.19. The minimum atomic E-state index is -0.255. The van der Waals surface area contributed by atoms with Crippen molar-refractivity contribution in [2.75, 3.05) is 6.54 Å². The van der Waals surface area contributed by atoms with Gasteiger partial charge in [-0.2, -0.15) is 5.10 Å². The van der Waals surface area contributed by atoms with Crippen LogP contribution in [-0.2, 0) is 0 Å². The van der Waals surface area contributed by atoms with Crippen molar-refractivity contribution in [3.63, 3.8) is 0 Å². The average molecular weight is 363 g/mol. The van der Waals surface area contributed by atoms with Crippen molar-refractivity contribution in [2.24, 2.45) is 0 Å². The first kappa shape index (κ1) is 18.8. The van der Waals surface area contributed by atoms with Gasteiger partial charge in [-0.15, -0.1) is 0 Å². The number of nitrogens with zero attached hydrogens (tertiary/aromatic N) is 2. The van der Waals surface area contributed by atoms with Gasteiger partial charge in [0.1, 0.15) is 0 Å². The van der Waals surface area contributed by atoms with Gasteiger partial charge in [0.15, 0.2) is 5.69 Å². The summed E-state index contributed by atoms with van der Waals surface area (Å²) in [6.07, 6.45) is 0.921. The standard InChI is InChI=1S/C22H25N3O2/c1-4-16(17-10-6-5-7-11-17)14-23-21(26)20-18-12-8-9-13-19(18)22(27)25(24-20)15(2)3/h5-13,15-16H,4,14H2,1-3H3,(H,23,26). The molecule has 2 aromatic carbocycles. The van der Waals surface area contributed by atoms with Crippen molar-refractivity contribution < 1.29 is 4.79 Å². The molecule has 5 nitrogen and oxygen atoms in total. The first-order valence-corrected chi connectivity index (χ1v) is 9.37. The van der Waals surface area contributed by atoms with E-state index in [2.05, 4.69) is 29.5 Å². The molecule has 27 heavy (non-hydrogen) atoms. The number of amides is 1. The van der Waals surface area contributed by atoms with E-state index in [1.54, 1.807) is 18.2 Å². The summed E-state index contributed by atoms with van der Waals surface area (Å²) < 4.78 is 1.38. The minimum absolute atomic E-state index is 0.124. The van der Waals surface area contributed by atoms with Gasteiger partial charge in [-0.1, -0.05) is 55.5 Å². The third-order valence-corrected chi connectivity index (χ3v) is 4.81. The van der Waals surface area contributed by atoms with Crippen molar-refractivity contribution in [2.45, 2.75) is 39.2 Å². The molecule has 3 rings (SSSR count). The molecule has 0 fully saturated rings. The van der Waals surface area contributed by atoms with E-state index >= 15 is 0 Å². The largest absolute Gasteiger partial charge is 0.350 e. The van der Waals surface area contributed by atoms with Crippen LogP contribution in [0.2, 0.25) is 0 Å². The zero-order valence-corrected chi connectivity index (χ0v) is 16.0. The van der Waals surface area contributed by atoms with Gasteiger partial charge in [-0.25, -0.2) is 4.68 Å². The molecule has 140 valence electrons. The predicted molar refractivity (Wildman–Crippen MR) is 108 cm³/mol. The molecule has 3 aromatic rings. The van der Waals surface area contributed by atoms with Crippen LogP contribution in [0.1, 0.15) is 55.2 Å². The molecule has 1 aromatic heterocycles. The smallest absolute Gasteiger partial charge is 0.274 e. The van der Waals surface area contributed by atoms with Gasteiger partial charge in [0.2, 0.25) is 0 Å². The Bertz CT molecular complexity index is 993. The van der Waals surface area contributed by atoms with Crippen molar-refractivity contribution in [1.29, 1.82) is 0 Å². The number of nitrogens with one attached hydrogen (secondary N) is 1. The third kappa shape index (κ3) is 3.92. The Morgan fingerprint density at radius 1 is 1.04 bits per heavy atom. The summed E-state index contributed by atoms with van der Waals surface area (Å²) in [7, 11) is 0. The third-order valence-electron chi connectivity index (χ3n) is 4.81. The maximum absolute atomic E-state index is 12.9. The van der Waals surface area contributed by atoms with Crippen molar-refractivity contribution in [1.82, 2.24) is 15.1 Å². The van der Waals surface area contributed by atoms with E-state index in [-0.39, 0.29) is 23.4 Å². The highest BCUT2D eigenvalue weighted by molar-refractivity contribution is 6.04. The normalized spacial score (nSPS) is 12.3. The monoisotopic (exact) mass is 363 g/mol. The van der Waals surface area contributed by atoms with Crippen LogP contribution in [0.15, 0.2) is 59.4 Å². The summed E-state index contributed by atoms with van der Waals surface area (Å²) >= 11 is 0. The fourth-order valence-electron chi connectivity index (χ4n) is 3.25. The lowest BCUT2D eigenvalue weighted by atomic mass is 9.96. The van der Waals surface area contributed by atoms with Crippen molar-refractivity contribution in [3.05, 3.63) is 76.2 Å². The molecule has 1 atom stereocenters. The first-order valence-electron chi connectivity index (χ1n) is 9.37. The van der Waals surface area contributed by atoms with E-state index in [9.17, 15) is 9.59 Å². The van der Waals surface area contributed by atoms with Gasteiger partial charge in [0.05, 0.1) is 11.4 Å². The summed E-state index contributed by atoms with van der Waals surface area (Å²) in [6, 6.07) is 17.2. The Morgan fingerprint density at radius 3 is 2.30 bits per heavy atom. The molecule has 0 saturated heterocycles. The summed E-state index contributed by atoms with van der Waals surface area (Å²) in [4.78, 5) is 25.5. The average Bonchev–Trinajstić information content (AvgIpc) is 2.69. The quantitative estimate of drug-likeness (QED) is 0.722. The second kappa shape index (κ2) is 8.16. The number of hydrogen-bond acceptors (Lipinski definition) is 3. The van der Waals surface area contributed by atoms with Crippen LogP contribution in [0.25, 0.3) is 10.8 Å². The molecule has 0 spiro atoms. The van der Waals surface area contributed by atoms with E-state index < -0.39 is 0 Å². The number of rotatable bonds is 6. The Balaban J connectivity index is 1.91. The molecule has 1 unspecified atom stereocenters. The maximum atomic E-state index is 12.9. The van der Waals surface area contributed by atoms with Crippen LogP contribution in [0, 0.1) is 0 Å². The number of fused-ring (bicyclic) bond motifs is 1. The van der Waals surface area contributed by atoms with E-state index in [1.807, 2.05) is 38.1 Å². The van der Waals surface area contributed by atoms with E-state index in [1.165, 1.54) is 10.2 Å². The van der Waals surface area contributed by atoms with E-state index in [0.29, 0.717) is 23.0 Å². The molecule has 1 heterocycles. The Kier molecular flexibility index (Phi) is 5.69. The number of benzene rings is 2. The summed E-state index contributed by atoms with van der Waals surface area (Å²) in [5, 5.41) is 8.48. The Labute approximate surface area is 159 Å². The highest BCUT2D eigenvalue weighted by Gasteiger charge is 2.19. The number of carbonyl (C=O) groups excluding carboxylic acids is 1. The molecule has 5 heteroatoms. The topological polar surface area (TPSA) is 64.0 Å². The summed E-state index contributed by atoms with van der Waals surface area (Å²) in [5.74, 6) is -0.0209. The molecule has 0 aliphatic carbocycles. The molecular formula is C22H25N3O2. The van der Waals surface area contributed by atoms with Crippen LogP contribution in [0.3, 0.4) is 0 Å². The fourth-order valence-corrected chi connectivity index (χ4v) is 3.25. The van der Waals surface area contributed by atoms with E-state index in [0.717, 1.165) is 6.42 Å². The SMILES string of the molecule is CCC(CNC(=O)c1nn(C(C)C)c(=O)c2ccccc12)c1ccccc1. The van der Waals surface area contributed by atoms with Gasteiger partial charge in [0.25, 0.3) is 11.5 Å². The van der Waals surface area contributed by atoms with Gasteiger partial charge in [-0.05, 0) is 31.9 Å². The summed E-state index contributed by atoms with van der Waals surface area (Å²) in [5.41, 5.74) is 1.32. The lowest BCUT2D eigenvalue weighted by molar-refractivity contribution is 0.0945. The van der Waals surface area contributed by atoms with Crippen LogP contribution >= 0.6 is 0 Å². The second-order valence-corrected chi connectivity index (χ2v) is 6.96. The van der Waals surface area contributed by atoms with Crippen molar-refractivity contribution in [3.8, 4) is 0 Å². The summed E-state index contributed by atoms with van der Waals surface area (Å²) in [6.45, 7) is 6.40. The molecule has 0 saturated carbocycles. The van der Waals surface area contributed by atoms with Crippen molar-refractivity contribution >= 4 is 16.7 Å². The zero-order chi connectivity index (χ0) is 19.4. The molecule has 1 N–H and O–H groups in total. The first-order chi connectivity index (χ1) is 13.0. The highest BCUT2D eigenvalue weighted by atomic mass is 16.2. The second-order valence-electron chi connectivity index (χ2n) is 6.96. The van der Waals surface area contributed by atoms with Gasteiger partial charge in [-0.3, -0.25) is 9.59 Å². The van der Waals surface area contributed by atoms with Gasteiger partial charge < -0.3 is 5.32 Å².